The lowest BCUT2D eigenvalue weighted by molar-refractivity contribution is -0.132. The van der Waals surface area contributed by atoms with E-state index in [0.717, 1.165) is 53.7 Å². The molecule has 0 atom stereocenters. The summed E-state index contributed by atoms with van der Waals surface area (Å²) in [7, 11) is 0. The number of nitrogens with zero attached hydrogens (tertiary/aromatic N) is 5. The minimum Gasteiger partial charge on any atom is -0.342 e. The molecule has 0 radical (unpaired) electrons. The minimum atomic E-state index is 0.189. The molecule has 0 unspecified atom stereocenters. The Hall–Kier alpha value is -2.86. The number of hydrogen-bond donors (Lipinski definition) is 0. The summed E-state index contributed by atoms with van der Waals surface area (Å²) in [6, 6.07) is 8.86. The second kappa shape index (κ2) is 9.10. The normalized spacial score (nSPS) is 18.4. The maximum atomic E-state index is 12.9. The molecular formula is C25H29N5O. The Labute approximate surface area is 183 Å². The fourth-order valence-corrected chi connectivity index (χ4v) is 4.92. The van der Waals surface area contributed by atoms with Gasteiger partial charge in [0, 0.05) is 48.7 Å². The fraction of sp³-hybridized carbons (Fsp3) is 0.440. The van der Waals surface area contributed by atoms with E-state index in [-0.39, 0.29) is 5.91 Å². The van der Waals surface area contributed by atoms with Crippen molar-refractivity contribution in [1.29, 1.82) is 0 Å². The zero-order valence-corrected chi connectivity index (χ0v) is 17.9. The van der Waals surface area contributed by atoms with Crippen molar-refractivity contribution in [2.45, 2.75) is 44.6 Å². The van der Waals surface area contributed by atoms with Gasteiger partial charge in [0.1, 0.15) is 0 Å². The number of amides is 1. The van der Waals surface area contributed by atoms with Gasteiger partial charge >= 0.3 is 0 Å². The molecule has 160 valence electrons. The Balaban J connectivity index is 1.24. The highest BCUT2D eigenvalue weighted by atomic mass is 16.2. The van der Waals surface area contributed by atoms with Crippen molar-refractivity contribution in [3.05, 3.63) is 54.7 Å². The number of fused-ring (bicyclic) bond motifs is 1. The number of benzene rings is 1. The van der Waals surface area contributed by atoms with E-state index in [1.54, 1.807) is 18.6 Å². The van der Waals surface area contributed by atoms with Crippen LogP contribution in [0.3, 0.4) is 0 Å². The average Bonchev–Trinajstić information content (AvgIpc) is 2.85. The standard InChI is InChI=1S/C25H29N5O/c31-25(30-12-6-23(7-13-30)29-10-2-1-3-11-29)16-22-15-21-14-19(4-5-20(21)17-28-22)24-18-26-8-9-27-24/h4-5,8-9,14-15,17-18,23H,1-3,6-7,10-13,16H2. The van der Waals surface area contributed by atoms with Gasteiger partial charge in [-0.05, 0) is 56.3 Å². The van der Waals surface area contributed by atoms with E-state index in [1.165, 1.54) is 32.4 Å². The van der Waals surface area contributed by atoms with Gasteiger partial charge in [0.2, 0.25) is 5.91 Å². The molecule has 0 bridgehead atoms. The number of rotatable bonds is 4. The highest BCUT2D eigenvalue weighted by Crippen LogP contribution is 2.24. The largest absolute Gasteiger partial charge is 0.342 e. The van der Waals surface area contributed by atoms with Crippen LogP contribution >= 0.6 is 0 Å². The number of likely N-dealkylation sites (tertiary alicyclic amines) is 2. The van der Waals surface area contributed by atoms with Gasteiger partial charge in [-0.1, -0.05) is 18.6 Å². The summed E-state index contributed by atoms with van der Waals surface area (Å²) in [6.45, 7) is 4.20. The Bertz CT molecular complexity index is 1040. The predicted octanol–water partition coefficient (Wildman–Crippen LogP) is 3.71. The SMILES string of the molecule is O=C(Cc1cc2cc(-c3cnccn3)ccc2cn1)N1CCC(N2CCCCC2)CC1. The van der Waals surface area contributed by atoms with Crippen molar-refractivity contribution in [2.75, 3.05) is 26.2 Å². The van der Waals surface area contributed by atoms with Crippen molar-refractivity contribution in [2.24, 2.45) is 0 Å². The van der Waals surface area contributed by atoms with Gasteiger partial charge in [0.15, 0.2) is 0 Å². The van der Waals surface area contributed by atoms with Crippen LogP contribution in [-0.4, -0.2) is 62.9 Å². The van der Waals surface area contributed by atoms with Crippen LogP contribution in [0.25, 0.3) is 22.0 Å². The van der Waals surface area contributed by atoms with Crippen molar-refractivity contribution in [1.82, 2.24) is 24.8 Å². The summed E-state index contributed by atoms with van der Waals surface area (Å²) < 4.78 is 0. The van der Waals surface area contributed by atoms with E-state index in [9.17, 15) is 4.79 Å². The van der Waals surface area contributed by atoms with Crippen molar-refractivity contribution in [3.63, 3.8) is 0 Å². The molecule has 3 aromatic rings. The predicted molar refractivity (Wildman–Crippen MR) is 121 cm³/mol. The lowest BCUT2D eigenvalue weighted by atomic mass is 9.99. The van der Waals surface area contributed by atoms with Crippen LogP contribution in [0, 0.1) is 0 Å². The molecule has 2 aliphatic heterocycles. The second-order valence-corrected chi connectivity index (χ2v) is 8.71. The molecule has 1 aromatic carbocycles. The van der Waals surface area contributed by atoms with Gasteiger partial charge in [-0.25, -0.2) is 0 Å². The molecule has 0 aliphatic carbocycles. The van der Waals surface area contributed by atoms with Gasteiger partial charge < -0.3 is 9.80 Å². The van der Waals surface area contributed by atoms with Gasteiger partial charge in [-0.3, -0.25) is 19.7 Å². The van der Waals surface area contributed by atoms with Crippen molar-refractivity contribution < 1.29 is 4.79 Å². The van der Waals surface area contributed by atoms with E-state index in [4.69, 9.17) is 0 Å². The van der Waals surface area contributed by atoms with E-state index in [0.29, 0.717) is 12.5 Å². The third-order valence-corrected chi connectivity index (χ3v) is 6.69. The molecule has 5 rings (SSSR count). The monoisotopic (exact) mass is 415 g/mol. The summed E-state index contributed by atoms with van der Waals surface area (Å²) in [5.74, 6) is 0.189. The first-order valence-corrected chi connectivity index (χ1v) is 11.4. The Morgan fingerprint density at radius 3 is 2.52 bits per heavy atom. The maximum absolute atomic E-state index is 12.9. The van der Waals surface area contributed by atoms with Gasteiger partial charge in [0.25, 0.3) is 0 Å². The van der Waals surface area contributed by atoms with Crippen LogP contribution in [0.1, 0.15) is 37.8 Å². The summed E-state index contributed by atoms with van der Waals surface area (Å²) in [4.78, 5) is 30.7. The lowest BCUT2D eigenvalue weighted by Gasteiger charge is -2.40. The summed E-state index contributed by atoms with van der Waals surface area (Å²) in [5, 5.41) is 2.14. The van der Waals surface area contributed by atoms with E-state index < -0.39 is 0 Å². The van der Waals surface area contributed by atoms with Crippen LogP contribution in [0.2, 0.25) is 0 Å². The third-order valence-electron chi connectivity index (χ3n) is 6.69. The number of carbonyl (C=O) groups excluding carboxylic acids is 1. The molecule has 0 saturated carbocycles. The number of aromatic nitrogens is 3. The van der Waals surface area contributed by atoms with Gasteiger partial charge in [0.05, 0.1) is 24.0 Å². The first kappa shape index (κ1) is 20.1. The van der Waals surface area contributed by atoms with Gasteiger partial charge in [-0.15, -0.1) is 0 Å². The van der Waals surface area contributed by atoms with Crippen molar-refractivity contribution in [3.8, 4) is 11.3 Å². The second-order valence-electron chi connectivity index (χ2n) is 8.71. The minimum absolute atomic E-state index is 0.189. The molecule has 2 aromatic heterocycles. The highest BCUT2D eigenvalue weighted by Gasteiger charge is 2.27. The molecule has 31 heavy (non-hydrogen) atoms. The zero-order valence-electron chi connectivity index (χ0n) is 17.9. The van der Waals surface area contributed by atoms with E-state index >= 15 is 0 Å². The quantitative estimate of drug-likeness (QED) is 0.650. The molecule has 2 aliphatic rings. The van der Waals surface area contributed by atoms with Crippen LogP contribution in [-0.2, 0) is 11.2 Å². The number of piperidine rings is 2. The van der Waals surface area contributed by atoms with E-state index in [1.807, 2.05) is 29.3 Å². The summed E-state index contributed by atoms with van der Waals surface area (Å²) in [5.41, 5.74) is 2.69. The Morgan fingerprint density at radius 2 is 1.74 bits per heavy atom. The lowest BCUT2D eigenvalue weighted by Crippen LogP contribution is -2.48. The van der Waals surface area contributed by atoms with Crippen LogP contribution in [0.5, 0.6) is 0 Å². The molecule has 6 heteroatoms. The first-order valence-electron chi connectivity index (χ1n) is 11.4. The average molecular weight is 416 g/mol. The van der Waals surface area contributed by atoms with Crippen LogP contribution in [0.4, 0.5) is 0 Å². The molecule has 2 fully saturated rings. The van der Waals surface area contributed by atoms with Crippen molar-refractivity contribution >= 4 is 16.7 Å². The first-order chi connectivity index (χ1) is 15.3. The summed E-state index contributed by atoms with van der Waals surface area (Å²) in [6.07, 6.45) is 13.6. The molecule has 0 N–H and O–H groups in total. The van der Waals surface area contributed by atoms with Crippen LogP contribution in [0.15, 0.2) is 49.1 Å². The van der Waals surface area contributed by atoms with Crippen LogP contribution < -0.4 is 0 Å². The fourth-order valence-electron chi connectivity index (χ4n) is 4.92. The Morgan fingerprint density at radius 1 is 0.903 bits per heavy atom. The number of hydrogen-bond acceptors (Lipinski definition) is 5. The third kappa shape index (κ3) is 4.59. The van der Waals surface area contributed by atoms with Gasteiger partial charge in [-0.2, -0.15) is 0 Å². The smallest absolute Gasteiger partial charge is 0.228 e. The topological polar surface area (TPSA) is 62.2 Å². The molecule has 2 saturated heterocycles. The van der Waals surface area contributed by atoms with E-state index in [2.05, 4.69) is 25.9 Å². The molecular weight excluding hydrogens is 386 g/mol. The Kier molecular flexibility index (Phi) is 5.89. The number of pyridine rings is 1. The number of carbonyl (C=O) groups is 1. The molecule has 6 nitrogen and oxygen atoms in total. The molecule has 0 spiro atoms. The zero-order chi connectivity index (χ0) is 21.0. The highest BCUT2D eigenvalue weighted by molar-refractivity contribution is 5.87. The summed E-state index contributed by atoms with van der Waals surface area (Å²) >= 11 is 0. The molecule has 1 amide bonds. The molecule has 4 heterocycles. The maximum Gasteiger partial charge on any atom is 0.228 e.